The maximum absolute atomic E-state index is 6.98. The quantitative estimate of drug-likeness (QED) is 0.243. The molecule has 0 bridgehead atoms. The topological polar surface area (TPSA) is 13.1 Å². The number of ether oxygens (including phenoxy) is 1. The number of rotatable bonds is 3. The predicted octanol–water partition coefficient (Wildman–Crippen LogP) is 8.78. The minimum Gasteiger partial charge on any atom is -0.455 e. The van der Waals surface area contributed by atoms with Crippen LogP contribution in [-0.2, 0) is 13.5 Å². The molecule has 4 aromatic rings. The van der Waals surface area contributed by atoms with Gasteiger partial charge in [-0.3, -0.25) is 0 Å². The van der Waals surface area contributed by atoms with Crippen LogP contribution in [0.2, 0.25) is 0 Å². The highest BCUT2D eigenvalue weighted by atomic mass is 16.5. The lowest BCUT2D eigenvalue weighted by Crippen LogP contribution is -2.32. The first kappa shape index (κ1) is 22.6. The van der Waals surface area contributed by atoms with Crippen LogP contribution < -0.4 is 9.30 Å². The maximum atomic E-state index is 6.98. The highest BCUT2D eigenvalue weighted by Crippen LogP contribution is 2.52. The lowest BCUT2D eigenvalue weighted by atomic mass is 9.71. The number of pyridine rings is 1. The van der Waals surface area contributed by atoms with E-state index in [1.54, 1.807) is 0 Å². The van der Waals surface area contributed by atoms with E-state index in [0.29, 0.717) is 17.3 Å². The Morgan fingerprint density at radius 3 is 2.46 bits per heavy atom. The monoisotopic (exact) mass is 464 g/mol. The molecular weight excluding hydrogens is 426 g/mol. The van der Waals surface area contributed by atoms with E-state index in [1.807, 2.05) is 0 Å². The summed E-state index contributed by atoms with van der Waals surface area (Å²) in [7, 11) is 2.18. The van der Waals surface area contributed by atoms with Gasteiger partial charge in [-0.05, 0) is 89.6 Å². The summed E-state index contributed by atoms with van der Waals surface area (Å²) < 4.78 is 9.29. The van der Waals surface area contributed by atoms with Crippen molar-refractivity contribution < 1.29 is 9.30 Å². The lowest BCUT2D eigenvalue weighted by molar-refractivity contribution is -0.659. The number of hydrogen-bond donors (Lipinski definition) is 0. The summed E-state index contributed by atoms with van der Waals surface area (Å²) in [6.07, 6.45) is 8.38. The second kappa shape index (κ2) is 8.08. The van der Waals surface area contributed by atoms with Crippen LogP contribution in [0.1, 0.15) is 76.0 Å². The fourth-order valence-electron chi connectivity index (χ4n) is 6.61. The van der Waals surface area contributed by atoms with Crippen molar-refractivity contribution in [1.29, 1.82) is 0 Å². The molecule has 1 saturated carbocycles. The summed E-state index contributed by atoms with van der Waals surface area (Å²) in [6, 6.07) is 16.0. The van der Waals surface area contributed by atoms with Gasteiger partial charge in [-0.25, -0.2) is 4.57 Å². The standard InChI is InChI=1S/C33H38NO/c1-20(2)17-27-26-10-8-7-9-25(26)21(3)29-31-30-23(13-16-34(31)6)18-24(19-28(30)35-32(27)29)22-11-14-33(4,5)15-12-22/h7-10,13,16,18-20,22H,11-12,14-15,17H2,1-6H3/q+1. The molecule has 1 aliphatic carbocycles. The number of fused-ring (bicyclic) bond motifs is 3. The third kappa shape index (κ3) is 3.64. The summed E-state index contributed by atoms with van der Waals surface area (Å²) in [6.45, 7) is 11.7. The maximum Gasteiger partial charge on any atom is 0.228 e. The number of benzene rings is 3. The number of aryl methyl sites for hydroxylation is 2. The molecular formula is C33H38NO+. The van der Waals surface area contributed by atoms with Crippen LogP contribution in [0.3, 0.4) is 0 Å². The highest BCUT2D eigenvalue weighted by Gasteiger charge is 2.34. The summed E-state index contributed by atoms with van der Waals surface area (Å²) in [4.78, 5) is 0. The van der Waals surface area contributed by atoms with Gasteiger partial charge in [-0.2, -0.15) is 0 Å². The molecule has 0 saturated heterocycles. The van der Waals surface area contributed by atoms with Crippen LogP contribution in [0, 0.1) is 18.3 Å². The van der Waals surface area contributed by atoms with Crippen LogP contribution in [0.5, 0.6) is 11.5 Å². The van der Waals surface area contributed by atoms with Crippen molar-refractivity contribution in [2.75, 3.05) is 0 Å². The van der Waals surface area contributed by atoms with Gasteiger partial charge in [-0.1, -0.05) is 58.0 Å². The van der Waals surface area contributed by atoms with Gasteiger partial charge in [0.2, 0.25) is 5.69 Å². The normalized spacial score (nSPS) is 17.1. The summed E-state index contributed by atoms with van der Waals surface area (Å²) in [5, 5.41) is 5.24. The molecule has 6 rings (SSSR count). The molecule has 0 unspecified atom stereocenters. The summed E-state index contributed by atoms with van der Waals surface area (Å²) in [5.74, 6) is 3.30. The molecule has 0 radical (unpaired) electrons. The number of hydrogen-bond acceptors (Lipinski definition) is 1. The zero-order chi connectivity index (χ0) is 24.5. The Labute approximate surface area is 209 Å². The van der Waals surface area contributed by atoms with Crippen molar-refractivity contribution in [2.45, 2.75) is 72.6 Å². The van der Waals surface area contributed by atoms with Crippen LogP contribution in [0.4, 0.5) is 0 Å². The van der Waals surface area contributed by atoms with Gasteiger partial charge in [-0.15, -0.1) is 0 Å². The van der Waals surface area contributed by atoms with Gasteiger partial charge >= 0.3 is 0 Å². The van der Waals surface area contributed by atoms with Gasteiger partial charge in [0.05, 0.1) is 10.9 Å². The zero-order valence-corrected chi connectivity index (χ0v) is 22.2. The summed E-state index contributed by atoms with van der Waals surface area (Å²) in [5.41, 5.74) is 7.16. The van der Waals surface area contributed by atoms with E-state index in [-0.39, 0.29) is 0 Å². The molecule has 1 aromatic heterocycles. The van der Waals surface area contributed by atoms with Crippen molar-refractivity contribution in [2.24, 2.45) is 18.4 Å². The Kier molecular flexibility index (Phi) is 5.22. The minimum atomic E-state index is 0.475. The Bertz CT molecular complexity index is 1470. The molecule has 2 heteroatoms. The van der Waals surface area contributed by atoms with E-state index >= 15 is 0 Å². The van der Waals surface area contributed by atoms with Crippen molar-refractivity contribution in [3.8, 4) is 22.8 Å². The van der Waals surface area contributed by atoms with Crippen LogP contribution >= 0.6 is 0 Å². The van der Waals surface area contributed by atoms with Crippen LogP contribution in [-0.4, -0.2) is 0 Å². The third-order valence-electron chi connectivity index (χ3n) is 8.63. The van der Waals surface area contributed by atoms with Gasteiger partial charge in [0, 0.05) is 11.6 Å². The molecule has 0 N–H and O–H groups in total. The minimum absolute atomic E-state index is 0.475. The van der Waals surface area contributed by atoms with E-state index in [2.05, 4.69) is 94.9 Å². The molecule has 2 aliphatic rings. The molecule has 1 fully saturated rings. The molecule has 2 heterocycles. The first-order valence-corrected chi connectivity index (χ1v) is 13.4. The molecule has 0 atom stereocenters. The van der Waals surface area contributed by atoms with Crippen LogP contribution in [0.25, 0.3) is 32.8 Å². The molecule has 2 nitrogen and oxygen atoms in total. The van der Waals surface area contributed by atoms with Gasteiger partial charge in [0.15, 0.2) is 6.20 Å². The SMILES string of the molecule is Cc1c2c(c(CC(C)C)c3ccccc13)Oc1cc(C3CCC(C)(C)CC3)cc3cc[n+](C)c-2c13. The largest absolute Gasteiger partial charge is 0.455 e. The van der Waals surface area contributed by atoms with E-state index in [4.69, 9.17) is 4.74 Å². The zero-order valence-electron chi connectivity index (χ0n) is 22.2. The Hall–Kier alpha value is -2.87. The van der Waals surface area contributed by atoms with E-state index in [1.165, 1.54) is 75.2 Å². The average Bonchev–Trinajstić information content (AvgIpc) is 2.83. The van der Waals surface area contributed by atoms with Crippen molar-refractivity contribution >= 4 is 21.5 Å². The molecule has 180 valence electrons. The van der Waals surface area contributed by atoms with Crippen molar-refractivity contribution in [3.63, 3.8) is 0 Å². The number of aromatic nitrogens is 1. The van der Waals surface area contributed by atoms with Crippen molar-refractivity contribution in [3.05, 3.63) is 65.4 Å². The Balaban J connectivity index is 1.61. The second-order valence-electron chi connectivity index (χ2n) is 12.3. The first-order valence-electron chi connectivity index (χ1n) is 13.4. The molecule has 35 heavy (non-hydrogen) atoms. The Morgan fingerprint density at radius 1 is 1.03 bits per heavy atom. The highest BCUT2D eigenvalue weighted by molar-refractivity contribution is 6.06. The smallest absolute Gasteiger partial charge is 0.228 e. The van der Waals surface area contributed by atoms with Crippen LogP contribution in [0.15, 0.2) is 48.7 Å². The second-order valence-corrected chi connectivity index (χ2v) is 12.3. The molecule has 3 aromatic carbocycles. The fraction of sp³-hybridized carbons (Fsp3) is 0.424. The van der Waals surface area contributed by atoms with Gasteiger partial charge in [0.1, 0.15) is 18.5 Å². The number of nitrogens with zero attached hydrogens (tertiary/aromatic N) is 1. The lowest BCUT2D eigenvalue weighted by Gasteiger charge is -2.35. The molecule has 0 spiro atoms. The first-order chi connectivity index (χ1) is 16.7. The molecule has 0 amide bonds. The van der Waals surface area contributed by atoms with E-state index in [0.717, 1.165) is 17.9 Å². The predicted molar refractivity (Wildman–Crippen MR) is 146 cm³/mol. The third-order valence-corrected chi connectivity index (χ3v) is 8.63. The van der Waals surface area contributed by atoms with E-state index in [9.17, 15) is 0 Å². The van der Waals surface area contributed by atoms with Gasteiger partial charge < -0.3 is 4.74 Å². The van der Waals surface area contributed by atoms with E-state index < -0.39 is 0 Å². The molecule has 1 aliphatic heterocycles. The average molecular weight is 465 g/mol. The summed E-state index contributed by atoms with van der Waals surface area (Å²) >= 11 is 0. The fourth-order valence-corrected chi connectivity index (χ4v) is 6.61. The van der Waals surface area contributed by atoms with Crippen molar-refractivity contribution in [1.82, 2.24) is 0 Å². The van der Waals surface area contributed by atoms with Gasteiger partial charge in [0.25, 0.3) is 0 Å². The Morgan fingerprint density at radius 2 is 1.74 bits per heavy atom.